The number of thiazole rings is 1. The van der Waals surface area contributed by atoms with E-state index in [9.17, 15) is 19.3 Å². The number of fused-ring (bicyclic) bond motifs is 1. The summed E-state index contributed by atoms with van der Waals surface area (Å²) in [4.78, 5) is 29.6. The van der Waals surface area contributed by atoms with Crippen molar-refractivity contribution in [2.24, 2.45) is 0 Å². The Morgan fingerprint density at radius 1 is 1.07 bits per heavy atom. The monoisotopic (exact) mass is 407 g/mol. The number of carbonyl (C=O) groups is 1. The fourth-order valence-corrected chi connectivity index (χ4v) is 3.86. The Kier molecular flexibility index (Phi) is 5.01. The second-order valence-electron chi connectivity index (χ2n) is 6.29. The first-order valence-electron chi connectivity index (χ1n) is 8.67. The van der Waals surface area contributed by atoms with E-state index in [2.05, 4.69) is 4.98 Å². The largest absolute Gasteiger partial charge is 0.279 e. The van der Waals surface area contributed by atoms with Crippen molar-refractivity contribution in [2.45, 2.75) is 6.54 Å². The molecule has 4 rings (SSSR count). The fourth-order valence-electron chi connectivity index (χ4n) is 2.88. The first kappa shape index (κ1) is 18.7. The highest BCUT2D eigenvalue weighted by molar-refractivity contribution is 7.22. The molecular formula is C21H14FN3O3S. The summed E-state index contributed by atoms with van der Waals surface area (Å²) in [6.07, 6.45) is 0. The average molecular weight is 407 g/mol. The number of carbonyl (C=O) groups excluding carboxylic acids is 1. The van der Waals surface area contributed by atoms with Gasteiger partial charge >= 0.3 is 0 Å². The van der Waals surface area contributed by atoms with Gasteiger partial charge in [0, 0.05) is 17.7 Å². The molecule has 0 spiro atoms. The van der Waals surface area contributed by atoms with Crippen LogP contribution in [0.2, 0.25) is 0 Å². The lowest BCUT2D eigenvalue weighted by Gasteiger charge is -2.20. The first-order chi connectivity index (χ1) is 14.0. The van der Waals surface area contributed by atoms with E-state index in [1.165, 1.54) is 52.6 Å². The second kappa shape index (κ2) is 7.76. The number of nitrogens with zero attached hydrogens (tertiary/aromatic N) is 3. The smallest absolute Gasteiger partial charge is 0.269 e. The Hall–Kier alpha value is -3.65. The maximum Gasteiger partial charge on any atom is 0.269 e. The minimum Gasteiger partial charge on any atom is -0.279 e. The molecule has 0 atom stereocenters. The Bertz CT molecular complexity index is 1190. The number of hydrogen-bond acceptors (Lipinski definition) is 5. The highest BCUT2D eigenvalue weighted by Crippen LogP contribution is 2.31. The number of hydrogen-bond donors (Lipinski definition) is 0. The average Bonchev–Trinajstić information content (AvgIpc) is 3.15. The van der Waals surface area contributed by atoms with Crippen LogP contribution in [0.4, 0.5) is 15.2 Å². The van der Waals surface area contributed by atoms with E-state index in [0.717, 1.165) is 5.56 Å². The molecule has 4 aromatic rings. The van der Waals surface area contributed by atoms with Gasteiger partial charge in [-0.3, -0.25) is 19.8 Å². The van der Waals surface area contributed by atoms with Crippen LogP contribution in [0.3, 0.4) is 0 Å². The zero-order valence-electron chi connectivity index (χ0n) is 15.0. The summed E-state index contributed by atoms with van der Waals surface area (Å²) in [5.41, 5.74) is 1.71. The molecule has 3 aromatic carbocycles. The van der Waals surface area contributed by atoms with Crippen molar-refractivity contribution in [1.82, 2.24) is 4.98 Å². The second-order valence-corrected chi connectivity index (χ2v) is 7.30. The Labute approximate surface area is 169 Å². The summed E-state index contributed by atoms with van der Waals surface area (Å²) >= 11 is 1.22. The van der Waals surface area contributed by atoms with E-state index in [1.54, 1.807) is 6.07 Å². The van der Waals surface area contributed by atoms with Crippen molar-refractivity contribution >= 4 is 38.3 Å². The maximum atomic E-state index is 13.6. The molecule has 1 amide bonds. The van der Waals surface area contributed by atoms with Crippen LogP contribution in [0.5, 0.6) is 0 Å². The zero-order valence-corrected chi connectivity index (χ0v) is 15.8. The maximum absolute atomic E-state index is 13.6. The van der Waals surface area contributed by atoms with Gasteiger partial charge < -0.3 is 0 Å². The lowest BCUT2D eigenvalue weighted by Crippen LogP contribution is -2.30. The van der Waals surface area contributed by atoms with Crippen molar-refractivity contribution in [1.29, 1.82) is 0 Å². The predicted octanol–water partition coefficient (Wildman–Crippen LogP) is 5.19. The normalized spacial score (nSPS) is 10.8. The first-order valence-corrected chi connectivity index (χ1v) is 9.49. The van der Waals surface area contributed by atoms with E-state index in [-0.39, 0.29) is 24.0 Å². The number of nitro groups is 1. The molecule has 0 aliphatic heterocycles. The van der Waals surface area contributed by atoms with Crippen molar-refractivity contribution in [2.75, 3.05) is 4.90 Å². The van der Waals surface area contributed by atoms with Crippen molar-refractivity contribution in [3.8, 4) is 0 Å². The van der Waals surface area contributed by atoms with Crippen molar-refractivity contribution < 1.29 is 14.1 Å². The van der Waals surface area contributed by atoms with Gasteiger partial charge in [0.1, 0.15) is 5.82 Å². The molecule has 144 valence electrons. The zero-order chi connectivity index (χ0) is 20.4. The molecule has 0 N–H and O–H groups in total. The molecule has 0 bridgehead atoms. The third-order valence-electron chi connectivity index (χ3n) is 4.32. The van der Waals surface area contributed by atoms with E-state index in [1.807, 2.05) is 30.3 Å². The standard InChI is InChI=1S/C21H14FN3O3S/c22-16-8-11-18-19(12-16)29-21(23-18)24(13-14-4-2-1-3-5-14)20(26)15-6-9-17(10-7-15)25(27)28/h1-12H,13H2. The van der Waals surface area contributed by atoms with E-state index < -0.39 is 4.92 Å². The van der Waals surface area contributed by atoms with Gasteiger partial charge in [0.2, 0.25) is 0 Å². The Balaban J connectivity index is 1.74. The van der Waals surface area contributed by atoms with Gasteiger partial charge in [-0.25, -0.2) is 9.37 Å². The summed E-state index contributed by atoms with van der Waals surface area (Å²) < 4.78 is 14.2. The lowest BCUT2D eigenvalue weighted by atomic mass is 10.1. The van der Waals surface area contributed by atoms with Gasteiger partial charge in [0.25, 0.3) is 11.6 Å². The molecule has 0 saturated heterocycles. The van der Waals surface area contributed by atoms with Crippen LogP contribution in [-0.4, -0.2) is 15.8 Å². The summed E-state index contributed by atoms with van der Waals surface area (Å²) in [5, 5.41) is 11.3. The van der Waals surface area contributed by atoms with Gasteiger partial charge in [-0.1, -0.05) is 41.7 Å². The molecular weight excluding hydrogens is 393 g/mol. The number of non-ortho nitro benzene ring substituents is 1. The highest BCUT2D eigenvalue weighted by atomic mass is 32.1. The van der Waals surface area contributed by atoms with Crippen LogP contribution >= 0.6 is 11.3 Å². The summed E-state index contributed by atoms with van der Waals surface area (Å²) in [7, 11) is 0. The van der Waals surface area contributed by atoms with Gasteiger partial charge in [-0.05, 0) is 35.9 Å². The molecule has 1 aromatic heterocycles. The van der Waals surface area contributed by atoms with Crippen molar-refractivity contribution in [3.63, 3.8) is 0 Å². The Morgan fingerprint density at radius 2 is 1.79 bits per heavy atom. The number of anilines is 1. The van der Waals surface area contributed by atoms with Crippen LogP contribution in [0.25, 0.3) is 10.2 Å². The molecule has 6 nitrogen and oxygen atoms in total. The molecule has 0 unspecified atom stereocenters. The fraction of sp³-hybridized carbons (Fsp3) is 0.0476. The Morgan fingerprint density at radius 3 is 2.48 bits per heavy atom. The number of amides is 1. The molecule has 0 radical (unpaired) electrons. The van der Waals surface area contributed by atoms with Crippen LogP contribution < -0.4 is 4.90 Å². The van der Waals surface area contributed by atoms with E-state index in [0.29, 0.717) is 20.9 Å². The number of halogens is 1. The summed E-state index contributed by atoms with van der Waals surface area (Å²) in [6, 6.07) is 19.1. The third kappa shape index (κ3) is 3.97. The molecule has 8 heteroatoms. The van der Waals surface area contributed by atoms with E-state index >= 15 is 0 Å². The third-order valence-corrected chi connectivity index (χ3v) is 5.36. The van der Waals surface area contributed by atoms with Crippen LogP contribution in [0, 0.1) is 15.9 Å². The molecule has 0 aliphatic carbocycles. The number of nitro benzene ring substituents is 1. The van der Waals surface area contributed by atoms with Crippen LogP contribution in [0.15, 0.2) is 72.8 Å². The molecule has 0 fully saturated rings. The lowest BCUT2D eigenvalue weighted by molar-refractivity contribution is -0.384. The predicted molar refractivity (Wildman–Crippen MR) is 110 cm³/mol. The molecule has 1 heterocycles. The highest BCUT2D eigenvalue weighted by Gasteiger charge is 2.22. The molecule has 29 heavy (non-hydrogen) atoms. The summed E-state index contributed by atoms with van der Waals surface area (Å²) in [6.45, 7) is 0.263. The quantitative estimate of drug-likeness (QED) is 0.337. The number of rotatable bonds is 5. The van der Waals surface area contributed by atoms with Crippen molar-refractivity contribution in [3.05, 3.63) is 99.9 Å². The minimum atomic E-state index is -0.516. The van der Waals surface area contributed by atoms with Gasteiger partial charge in [0.15, 0.2) is 5.13 Å². The van der Waals surface area contributed by atoms with E-state index in [4.69, 9.17) is 0 Å². The van der Waals surface area contributed by atoms with Gasteiger partial charge in [-0.15, -0.1) is 0 Å². The summed E-state index contributed by atoms with van der Waals surface area (Å²) in [5.74, 6) is -0.715. The molecule has 0 saturated carbocycles. The topological polar surface area (TPSA) is 76.3 Å². The number of benzene rings is 3. The van der Waals surface area contributed by atoms with Gasteiger partial charge in [-0.2, -0.15) is 0 Å². The van der Waals surface area contributed by atoms with Crippen LogP contribution in [-0.2, 0) is 6.54 Å². The SMILES string of the molecule is O=C(c1ccc([N+](=O)[O-])cc1)N(Cc1ccccc1)c1nc2ccc(F)cc2s1. The van der Waals surface area contributed by atoms with Crippen LogP contribution in [0.1, 0.15) is 15.9 Å². The van der Waals surface area contributed by atoms with Gasteiger partial charge in [0.05, 0.1) is 21.7 Å². The molecule has 0 aliphatic rings. The minimum absolute atomic E-state index is 0.0911. The number of aromatic nitrogens is 1.